The second kappa shape index (κ2) is 7.43. The van der Waals surface area contributed by atoms with Gasteiger partial charge in [0.1, 0.15) is 5.75 Å². The molecule has 26 heavy (non-hydrogen) atoms. The van der Waals surface area contributed by atoms with E-state index in [1.54, 1.807) is 55.7 Å². The van der Waals surface area contributed by atoms with Crippen molar-refractivity contribution in [3.05, 3.63) is 81.5 Å². The molecule has 0 aromatic heterocycles. The SMILES string of the molecule is COc1ccc(/C=C2/N=C(C=Cc3cccc([N+](=O)[O-])c3)OC2=O)cc1. The van der Waals surface area contributed by atoms with Crippen molar-refractivity contribution in [3.63, 3.8) is 0 Å². The van der Waals surface area contributed by atoms with Crippen molar-refractivity contribution >= 4 is 29.7 Å². The van der Waals surface area contributed by atoms with Gasteiger partial charge in [0.25, 0.3) is 5.69 Å². The van der Waals surface area contributed by atoms with Crippen LogP contribution in [0.15, 0.2) is 65.3 Å². The molecule has 0 atom stereocenters. The Morgan fingerprint density at radius 2 is 1.88 bits per heavy atom. The molecule has 0 saturated heterocycles. The van der Waals surface area contributed by atoms with Crippen LogP contribution in [0.3, 0.4) is 0 Å². The number of carbonyl (C=O) groups excluding carboxylic acids is 1. The second-order valence-corrected chi connectivity index (χ2v) is 5.33. The maximum atomic E-state index is 11.9. The van der Waals surface area contributed by atoms with Gasteiger partial charge >= 0.3 is 5.97 Å². The maximum absolute atomic E-state index is 11.9. The number of hydrogen-bond donors (Lipinski definition) is 0. The lowest BCUT2D eigenvalue weighted by atomic mass is 10.2. The van der Waals surface area contributed by atoms with Crippen molar-refractivity contribution in [1.82, 2.24) is 0 Å². The van der Waals surface area contributed by atoms with Crippen molar-refractivity contribution in [2.45, 2.75) is 0 Å². The smallest absolute Gasteiger partial charge is 0.363 e. The minimum Gasteiger partial charge on any atom is -0.497 e. The molecule has 0 amide bonds. The van der Waals surface area contributed by atoms with E-state index in [0.29, 0.717) is 11.3 Å². The quantitative estimate of drug-likeness (QED) is 0.355. The standard InChI is InChI=1S/C19H14N2O5/c1-25-16-8-5-14(6-9-16)12-17-19(22)26-18(20-17)10-7-13-3-2-4-15(11-13)21(23)24/h2-12H,1H3/b10-7?,17-12+. The molecule has 1 aliphatic rings. The number of nitro benzene ring substituents is 1. The van der Waals surface area contributed by atoms with Crippen LogP contribution in [0, 0.1) is 10.1 Å². The van der Waals surface area contributed by atoms with Gasteiger partial charge in [0.05, 0.1) is 12.0 Å². The van der Waals surface area contributed by atoms with Crippen LogP contribution in [0.5, 0.6) is 5.75 Å². The normalized spacial score (nSPS) is 15.2. The molecule has 3 rings (SSSR count). The van der Waals surface area contributed by atoms with Crippen LogP contribution in [0.25, 0.3) is 12.2 Å². The second-order valence-electron chi connectivity index (χ2n) is 5.33. The number of nitro groups is 1. The summed E-state index contributed by atoms with van der Waals surface area (Å²) >= 11 is 0. The van der Waals surface area contributed by atoms with Gasteiger partial charge in [-0.3, -0.25) is 10.1 Å². The monoisotopic (exact) mass is 350 g/mol. The molecule has 2 aromatic rings. The molecule has 0 aliphatic carbocycles. The molecule has 0 bridgehead atoms. The van der Waals surface area contributed by atoms with Crippen molar-refractivity contribution in [2.75, 3.05) is 7.11 Å². The molecule has 0 spiro atoms. The average molecular weight is 350 g/mol. The fourth-order valence-corrected chi connectivity index (χ4v) is 2.26. The van der Waals surface area contributed by atoms with E-state index in [4.69, 9.17) is 9.47 Å². The summed E-state index contributed by atoms with van der Waals surface area (Å²) < 4.78 is 10.2. The predicted octanol–water partition coefficient (Wildman–Crippen LogP) is 3.61. The van der Waals surface area contributed by atoms with E-state index in [1.165, 1.54) is 18.2 Å². The molecule has 0 N–H and O–H groups in total. The molecule has 0 saturated carbocycles. The van der Waals surface area contributed by atoms with Crippen LogP contribution >= 0.6 is 0 Å². The zero-order valence-corrected chi connectivity index (χ0v) is 13.8. The summed E-state index contributed by atoms with van der Waals surface area (Å²) in [5, 5.41) is 10.8. The van der Waals surface area contributed by atoms with Gasteiger partial charge < -0.3 is 9.47 Å². The van der Waals surface area contributed by atoms with Crippen molar-refractivity contribution in [1.29, 1.82) is 0 Å². The van der Waals surface area contributed by atoms with E-state index >= 15 is 0 Å². The fourth-order valence-electron chi connectivity index (χ4n) is 2.26. The Morgan fingerprint density at radius 1 is 1.12 bits per heavy atom. The van der Waals surface area contributed by atoms with E-state index in [1.807, 2.05) is 0 Å². The van der Waals surface area contributed by atoms with Crippen LogP contribution < -0.4 is 4.74 Å². The minimum absolute atomic E-state index is 0.0161. The first-order valence-corrected chi connectivity index (χ1v) is 7.64. The summed E-state index contributed by atoms with van der Waals surface area (Å²) in [7, 11) is 1.58. The van der Waals surface area contributed by atoms with E-state index in [0.717, 1.165) is 5.56 Å². The largest absolute Gasteiger partial charge is 0.497 e. The molecule has 1 aliphatic heterocycles. The molecule has 7 heteroatoms. The number of nitrogens with zero attached hydrogens (tertiary/aromatic N) is 2. The molecule has 0 unspecified atom stereocenters. The fraction of sp³-hybridized carbons (Fsp3) is 0.0526. The van der Waals surface area contributed by atoms with E-state index < -0.39 is 10.9 Å². The summed E-state index contributed by atoms with van der Waals surface area (Å²) in [6.45, 7) is 0. The van der Waals surface area contributed by atoms with E-state index in [2.05, 4.69) is 4.99 Å². The summed E-state index contributed by atoms with van der Waals surface area (Å²) in [6, 6.07) is 13.3. The van der Waals surface area contributed by atoms with Crippen LogP contribution in [-0.2, 0) is 9.53 Å². The zero-order chi connectivity index (χ0) is 18.5. The van der Waals surface area contributed by atoms with Crippen LogP contribution in [0.1, 0.15) is 11.1 Å². The number of rotatable bonds is 5. The number of ether oxygens (including phenoxy) is 2. The summed E-state index contributed by atoms with van der Waals surface area (Å²) in [4.78, 5) is 26.4. The first kappa shape index (κ1) is 17.1. The van der Waals surface area contributed by atoms with Crippen molar-refractivity contribution in [2.24, 2.45) is 4.99 Å². The first-order valence-electron chi connectivity index (χ1n) is 7.64. The number of esters is 1. The highest BCUT2D eigenvalue weighted by Crippen LogP contribution is 2.19. The Kier molecular flexibility index (Phi) is 4.89. The highest BCUT2D eigenvalue weighted by molar-refractivity contribution is 6.11. The number of carbonyl (C=O) groups is 1. The molecular weight excluding hydrogens is 336 g/mol. The lowest BCUT2D eigenvalue weighted by molar-refractivity contribution is -0.384. The van der Waals surface area contributed by atoms with Gasteiger partial charge in [-0.1, -0.05) is 24.3 Å². The van der Waals surface area contributed by atoms with Crippen molar-refractivity contribution in [3.8, 4) is 5.75 Å². The number of hydrogen-bond acceptors (Lipinski definition) is 6. The molecule has 1 heterocycles. The Bertz CT molecular complexity index is 943. The Hall–Kier alpha value is -3.74. The number of benzene rings is 2. The zero-order valence-electron chi connectivity index (χ0n) is 13.8. The number of methoxy groups -OCH3 is 1. The van der Waals surface area contributed by atoms with Gasteiger partial charge in [-0.25, -0.2) is 9.79 Å². The average Bonchev–Trinajstić information content (AvgIpc) is 3.00. The lowest BCUT2D eigenvalue weighted by Crippen LogP contribution is -2.01. The van der Waals surface area contributed by atoms with Crippen LogP contribution in [0.2, 0.25) is 0 Å². The van der Waals surface area contributed by atoms with Crippen LogP contribution in [0.4, 0.5) is 5.69 Å². The number of non-ortho nitro benzene ring substituents is 1. The molecule has 7 nitrogen and oxygen atoms in total. The van der Waals surface area contributed by atoms with Gasteiger partial charge in [-0.05, 0) is 35.4 Å². The molecular formula is C19H14N2O5. The van der Waals surface area contributed by atoms with Gasteiger partial charge in [0.2, 0.25) is 5.90 Å². The Labute approximate surface area is 149 Å². The minimum atomic E-state index is -0.556. The number of cyclic esters (lactones) is 1. The lowest BCUT2D eigenvalue weighted by Gasteiger charge is -1.99. The Morgan fingerprint density at radius 3 is 2.58 bits per heavy atom. The third-order valence-corrected chi connectivity index (χ3v) is 3.56. The van der Waals surface area contributed by atoms with Gasteiger partial charge in [0.15, 0.2) is 5.70 Å². The molecule has 130 valence electrons. The third-order valence-electron chi connectivity index (χ3n) is 3.56. The predicted molar refractivity (Wildman–Crippen MR) is 96.6 cm³/mol. The first-order chi connectivity index (χ1) is 12.5. The third kappa shape index (κ3) is 4.02. The highest BCUT2D eigenvalue weighted by atomic mass is 16.6. The molecule has 2 aromatic carbocycles. The topological polar surface area (TPSA) is 91.0 Å². The van der Waals surface area contributed by atoms with Crippen LogP contribution in [-0.4, -0.2) is 23.9 Å². The van der Waals surface area contributed by atoms with E-state index in [9.17, 15) is 14.9 Å². The van der Waals surface area contributed by atoms with Gasteiger partial charge in [-0.2, -0.15) is 0 Å². The highest BCUT2D eigenvalue weighted by Gasteiger charge is 2.21. The molecule has 0 fully saturated rings. The Balaban J connectivity index is 1.78. The van der Waals surface area contributed by atoms with Gasteiger partial charge in [0, 0.05) is 18.2 Å². The summed E-state index contributed by atoms with van der Waals surface area (Å²) in [5.74, 6) is 0.283. The molecule has 0 radical (unpaired) electrons. The summed E-state index contributed by atoms with van der Waals surface area (Å²) in [6.07, 6.45) is 4.69. The maximum Gasteiger partial charge on any atom is 0.363 e. The number of aliphatic imine (C=N–C) groups is 1. The van der Waals surface area contributed by atoms with Crippen molar-refractivity contribution < 1.29 is 19.2 Å². The van der Waals surface area contributed by atoms with E-state index in [-0.39, 0.29) is 17.3 Å². The summed E-state index contributed by atoms with van der Waals surface area (Å²) in [5.41, 5.74) is 1.54. The van der Waals surface area contributed by atoms with Gasteiger partial charge in [-0.15, -0.1) is 0 Å².